The van der Waals surface area contributed by atoms with Gasteiger partial charge in [-0.3, -0.25) is 4.79 Å². The lowest BCUT2D eigenvalue weighted by molar-refractivity contribution is -0.145. The molecule has 3 nitrogen and oxygen atoms in total. The number of nitrogens with one attached hydrogen (secondary N) is 1. The molecule has 0 bridgehead atoms. The SMILES string of the molecule is CCCCCOC(=O)[C@H](C)NI. The van der Waals surface area contributed by atoms with Gasteiger partial charge in [-0.1, -0.05) is 19.8 Å². The van der Waals surface area contributed by atoms with Gasteiger partial charge in [-0.2, -0.15) is 0 Å². The maximum absolute atomic E-state index is 11.0. The van der Waals surface area contributed by atoms with Crippen LogP contribution in [0, 0.1) is 0 Å². The molecule has 0 aromatic carbocycles. The van der Waals surface area contributed by atoms with Crippen LogP contribution in [0.4, 0.5) is 0 Å². The van der Waals surface area contributed by atoms with Gasteiger partial charge < -0.3 is 4.74 Å². The van der Waals surface area contributed by atoms with Crippen molar-refractivity contribution in [3.05, 3.63) is 0 Å². The Bertz CT molecular complexity index is 130. The molecule has 4 heteroatoms. The van der Waals surface area contributed by atoms with Gasteiger partial charge in [0.25, 0.3) is 0 Å². The number of halogens is 1. The molecule has 0 aliphatic rings. The van der Waals surface area contributed by atoms with Gasteiger partial charge in [0, 0.05) is 22.9 Å². The maximum atomic E-state index is 11.0. The van der Waals surface area contributed by atoms with Crippen LogP contribution < -0.4 is 3.53 Å². The van der Waals surface area contributed by atoms with Crippen molar-refractivity contribution in [2.75, 3.05) is 6.61 Å². The molecule has 0 aliphatic heterocycles. The lowest BCUT2D eigenvalue weighted by atomic mass is 10.3. The summed E-state index contributed by atoms with van der Waals surface area (Å²) in [5, 5.41) is 0. The number of hydrogen-bond acceptors (Lipinski definition) is 3. The van der Waals surface area contributed by atoms with E-state index in [4.69, 9.17) is 4.74 Å². The number of ether oxygens (including phenoxy) is 1. The standard InChI is InChI=1S/C8H16INO2/c1-3-4-5-6-12-8(11)7(2)10-9/h7,10H,3-6H2,1-2H3/t7-/m0/s1. The van der Waals surface area contributed by atoms with E-state index < -0.39 is 0 Å². The summed E-state index contributed by atoms with van der Waals surface area (Å²) in [4.78, 5) is 11.0. The summed E-state index contributed by atoms with van der Waals surface area (Å²) in [5.41, 5.74) is 0. The number of rotatable bonds is 6. The zero-order valence-corrected chi connectivity index (χ0v) is 9.76. The number of unbranched alkanes of at least 4 members (excludes halogenated alkanes) is 2. The molecule has 0 saturated heterocycles. The molecule has 0 heterocycles. The molecule has 72 valence electrons. The number of carbonyl (C=O) groups is 1. The van der Waals surface area contributed by atoms with Crippen molar-refractivity contribution < 1.29 is 9.53 Å². The Morgan fingerprint density at radius 1 is 1.58 bits per heavy atom. The third kappa shape index (κ3) is 5.77. The van der Waals surface area contributed by atoms with Gasteiger partial charge in [0.05, 0.1) is 6.61 Å². The minimum absolute atomic E-state index is 0.166. The summed E-state index contributed by atoms with van der Waals surface area (Å²) < 4.78 is 7.79. The first kappa shape index (κ1) is 12.2. The van der Waals surface area contributed by atoms with Gasteiger partial charge in [0.2, 0.25) is 0 Å². The van der Waals surface area contributed by atoms with E-state index in [2.05, 4.69) is 10.5 Å². The monoisotopic (exact) mass is 285 g/mol. The van der Waals surface area contributed by atoms with E-state index in [1.807, 2.05) is 22.9 Å². The fourth-order valence-corrected chi connectivity index (χ4v) is 0.949. The third-order valence-corrected chi connectivity index (χ3v) is 2.44. The normalized spacial score (nSPS) is 12.6. The Morgan fingerprint density at radius 3 is 2.75 bits per heavy atom. The first-order valence-corrected chi connectivity index (χ1v) is 5.33. The summed E-state index contributed by atoms with van der Waals surface area (Å²) in [7, 11) is 0. The number of carbonyl (C=O) groups excluding carboxylic acids is 1. The Labute approximate surface area is 87.7 Å². The molecule has 0 amide bonds. The van der Waals surface area contributed by atoms with Crippen LogP contribution in [0.1, 0.15) is 33.1 Å². The fourth-order valence-electron chi connectivity index (χ4n) is 0.694. The molecule has 1 atom stereocenters. The topological polar surface area (TPSA) is 38.3 Å². The van der Waals surface area contributed by atoms with Crippen LogP contribution in [-0.2, 0) is 9.53 Å². The lowest BCUT2D eigenvalue weighted by Gasteiger charge is -2.08. The van der Waals surface area contributed by atoms with Gasteiger partial charge in [-0.05, 0) is 13.3 Å². The molecule has 0 rings (SSSR count). The first-order valence-electron chi connectivity index (χ1n) is 4.25. The molecule has 0 spiro atoms. The molecule has 0 aliphatic carbocycles. The minimum Gasteiger partial charge on any atom is -0.465 e. The van der Waals surface area contributed by atoms with Crippen LogP contribution >= 0.6 is 22.9 Å². The third-order valence-electron chi connectivity index (χ3n) is 1.51. The second-order valence-corrected chi connectivity index (χ2v) is 3.33. The van der Waals surface area contributed by atoms with Gasteiger partial charge >= 0.3 is 5.97 Å². The van der Waals surface area contributed by atoms with Crippen LogP contribution in [0.5, 0.6) is 0 Å². The zero-order chi connectivity index (χ0) is 9.40. The highest BCUT2D eigenvalue weighted by Gasteiger charge is 2.11. The molecule has 1 N–H and O–H groups in total. The number of esters is 1. The molecule has 0 fully saturated rings. The van der Waals surface area contributed by atoms with Crippen molar-refractivity contribution in [1.82, 2.24) is 3.53 Å². The van der Waals surface area contributed by atoms with Crippen LogP contribution in [0.25, 0.3) is 0 Å². The Morgan fingerprint density at radius 2 is 2.25 bits per heavy atom. The smallest absolute Gasteiger partial charge is 0.323 e. The summed E-state index contributed by atoms with van der Waals surface area (Å²) >= 11 is 1.95. The quantitative estimate of drug-likeness (QED) is 0.351. The summed E-state index contributed by atoms with van der Waals surface area (Å²) in [6.07, 6.45) is 3.24. The molecular formula is C8H16INO2. The molecule has 0 saturated carbocycles. The van der Waals surface area contributed by atoms with E-state index in [-0.39, 0.29) is 12.0 Å². The van der Waals surface area contributed by atoms with Crippen LogP contribution in [-0.4, -0.2) is 18.6 Å². The first-order chi connectivity index (χ1) is 5.72. The van der Waals surface area contributed by atoms with Crippen LogP contribution in [0.15, 0.2) is 0 Å². The molecule has 12 heavy (non-hydrogen) atoms. The molecule has 0 unspecified atom stereocenters. The van der Waals surface area contributed by atoms with Gasteiger partial charge in [-0.15, -0.1) is 0 Å². The summed E-state index contributed by atoms with van der Waals surface area (Å²) in [6, 6.07) is -0.202. The second-order valence-electron chi connectivity index (χ2n) is 2.71. The van der Waals surface area contributed by atoms with Gasteiger partial charge in [-0.25, -0.2) is 3.53 Å². The summed E-state index contributed by atoms with van der Waals surface area (Å²) in [5.74, 6) is -0.166. The lowest BCUT2D eigenvalue weighted by Crippen LogP contribution is -2.29. The molecule has 0 aromatic rings. The van der Waals surface area contributed by atoms with Crippen molar-refractivity contribution in [1.29, 1.82) is 0 Å². The molecule has 0 radical (unpaired) electrons. The average Bonchev–Trinajstić information content (AvgIpc) is 2.10. The van der Waals surface area contributed by atoms with Crippen molar-refractivity contribution in [2.24, 2.45) is 0 Å². The average molecular weight is 285 g/mol. The largest absolute Gasteiger partial charge is 0.465 e. The highest BCUT2D eigenvalue weighted by molar-refractivity contribution is 14.1. The van der Waals surface area contributed by atoms with Crippen LogP contribution in [0.3, 0.4) is 0 Å². The highest BCUT2D eigenvalue weighted by Crippen LogP contribution is 1.96. The van der Waals surface area contributed by atoms with E-state index in [1.165, 1.54) is 0 Å². The number of hydrogen-bond donors (Lipinski definition) is 1. The summed E-state index contributed by atoms with van der Waals surface area (Å²) in [6.45, 7) is 4.46. The molecule has 0 aromatic heterocycles. The van der Waals surface area contributed by atoms with E-state index >= 15 is 0 Å². The van der Waals surface area contributed by atoms with Gasteiger partial charge in [0.1, 0.15) is 6.04 Å². The predicted molar refractivity (Wildman–Crippen MR) is 57.1 cm³/mol. The van der Waals surface area contributed by atoms with Crippen molar-refractivity contribution in [2.45, 2.75) is 39.2 Å². The van der Waals surface area contributed by atoms with Crippen molar-refractivity contribution in [3.63, 3.8) is 0 Å². The maximum Gasteiger partial charge on any atom is 0.323 e. The van der Waals surface area contributed by atoms with E-state index in [0.717, 1.165) is 19.3 Å². The second kappa shape index (κ2) is 7.79. The predicted octanol–water partition coefficient (Wildman–Crippen LogP) is 2.05. The van der Waals surface area contributed by atoms with E-state index in [0.29, 0.717) is 6.61 Å². The highest BCUT2D eigenvalue weighted by atomic mass is 127. The van der Waals surface area contributed by atoms with E-state index in [1.54, 1.807) is 6.92 Å². The Kier molecular flexibility index (Phi) is 7.89. The minimum atomic E-state index is -0.202. The van der Waals surface area contributed by atoms with Crippen molar-refractivity contribution in [3.8, 4) is 0 Å². The van der Waals surface area contributed by atoms with Crippen molar-refractivity contribution >= 4 is 28.8 Å². The Balaban J connectivity index is 3.31. The fraction of sp³-hybridized carbons (Fsp3) is 0.875. The van der Waals surface area contributed by atoms with Gasteiger partial charge in [0.15, 0.2) is 0 Å². The Hall–Kier alpha value is 0.160. The van der Waals surface area contributed by atoms with Crippen LogP contribution in [0.2, 0.25) is 0 Å². The molecular weight excluding hydrogens is 269 g/mol. The zero-order valence-electron chi connectivity index (χ0n) is 7.60. The van der Waals surface area contributed by atoms with E-state index in [9.17, 15) is 4.79 Å².